The maximum Gasteiger partial charge on any atom is 0.195 e. The first-order valence-corrected chi connectivity index (χ1v) is 6.95. The minimum Gasteiger partial charge on any atom is -0.297 e. The highest BCUT2D eigenvalue weighted by Gasteiger charge is 2.23. The molecule has 0 bridgehead atoms. The lowest BCUT2D eigenvalue weighted by Crippen LogP contribution is -2.19. The predicted octanol–water partition coefficient (Wildman–Crippen LogP) is 3.43. The van der Waals surface area contributed by atoms with Crippen molar-refractivity contribution in [3.63, 3.8) is 0 Å². The lowest BCUT2D eigenvalue weighted by molar-refractivity contribution is 0.472. The predicted molar refractivity (Wildman–Crippen MR) is 74.3 cm³/mol. The Morgan fingerprint density at radius 3 is 3.11 bits per heavy atom. The van der Waals surface area contributed by atoms with E-state index < -0.39 is 0 Å². The van der Waals surface area contributed by atoms with Gasteiger partial charge in [0.2, 0.25) is 0 Å². The summed E-state index contributed by atoms with van der Waals surface area (Å²) in [7, 11) is 0. The molecule has 1 atom stereocenters. The summed E-state index contributed by atoms with van der Waals surface area (Å²) >= 11 is 5.39. The van der Waals surface area contributed by atoms with E-state index in [-0.39, 0.29) is 0 Å². The molecule has 1 aliphatic carbocycles. The number of benzene rings is 1. The number of aromatic nitrogens is 3. The van der Waals surface area contributed by atoms with Crippen LogP contribution in [0.5, 0.6) is 0 Å². The van der Waals surface area contributed by atoms with Gasteiger partial charge in [0.1, 0.15) is 5.82 Å². The molecular weight excluding hydrogens is 242 g/mol. The van der Waals surface area contributed by atoms with Crippen LogP contribution in [0.25, 0.3) is 0 Å². The Hall–Kier alpha value is -1.42. The van der Waals surface area contributed by atoms with E-state index in [1.165, 1.54) is 24.0 Å². The zero-order valence-corrected chi connectivity index (χ0v) is 11.3. The number of rotatable bonds is 2. The first-order valence-electron chi connectivity index (χ1n) is 6.55. The Morgan fingerprint density at radius 1 is 1.44 bits per heavy atom. The van der Waals surface area contributed by atoms with E-state index in [9.17, 15) is 0 Å². The molecule has 4 heteroatoms. The number of aromatic amines is 1. The lowest BCUT2D eigenvalue weighted by Gasteiger charge is -2.27. The van der Waals surface area contributed by atoms with Gasteiger partial charge in [-0.05, 0) is 42.6 Å². The molecule has 1 heterocycles. The number of nitrogens with zero attached hydrogens (tertiary/aromatic N) is 2. The first-order chi connectivity index (χ1) is 8.81. The average molecular weight is 259 g/mol. The van der Waals surface area contributed by atoms with Crippen LogP contribution in [0, 0.1) is 4.77 Å². The van der Waals surface area contributed by atoms with Crippen LogP contribution in [0.1, 0.15) is 42.8 Å². The summed E-state index contributed by atoms with van der Waals surface area (Å²) in [4.78, 5) is 0. The van der Waals surface area contributed by atoms with Crippen molar-refractivity contribution in [2.75, 3.05) is 0 Å². The SMILES string of the molecule is CCc1n[nH]c(=S)n1C1CCCc2ccccc21. The lowest BCUT2D eigenvalue weighted by atomic mass is 9.87. The van der Waals surface area contributed by atoms with Gasteiger partial charge in [-0.25, -0.2) is 0 Å². The van der Waals surface area contributed by atoms with Crippen molar-refractivity contribution in [2.24, 2.45) is 0 Å². The van der Waals surface area contributed by atoms with E-state index in [2.05, 4.69) is 46.0 Å². The van der Waals surface area contributed by atoms with Gasteiger partial charge in [-0.2, -0.15) is 5.10 Å². The summed E-state index contributed by atoms with van der Waals surface area (Å²) in [5.74, 6) is 1.06. The number of nitrogens with one attached hydrogen (secondary N) is 1. The molecule has 94 valence electrons. The van der Waals surface area contributed by atoms with Crippen LogP contribution in [0.2, 0.25) is 0 Å². The monoisotopic (exact) mass is 259 g/mol. The van der Waals surface area contributed by atoms with Gasteiger partial charge in [0, 0.05) is 6.42 Å². The third-order valence-electron chi connectivity index (χ3n) is 3.74. The fourth-order valence-electron chi connectivity index (χ4n) is 2.90. The van der Waals surface area contributed by atoms with Gasteiger partial charge in [-0.1, -0.05) is 31.2 Å². The van der Waals surface area contributed by atoms with Gasteiger partial charge < -0.3 is 0 Å². The fourth-order valence-corrected chi connectivity index (χ4v) is 3.18. The molecule has 1 aliphatic rings. The molecule has 1 aromatic carbocycles. The van der Waals surface area contributed by atoms with E-state index in [1.807, 2.05) is 0 Å². The number of hydrogen-bond acceptors (Lipinski definition) is 2. The Kier molecular flexibility index (Phi) is 3.04. The summed E-state index contributed by atoms with van der Waals surface area (Å²) in [5.41, 5.74) is 2.87. The quantitative estimate of drug-likeness (QED) is 0.838. The maximum atomic E-state index is 5.39. The largest absolute Gasteiger partial charge is 0.297 e. The van der Waals surface area contributed by atoms with Crippen molar-refractivity contribution in [3.05, 3.63) is 46.0 Å². The van der Waals surface area contributed by atoms with Gasteiger partial charge in [0.25, 0.3) is 0 Å². The number of aryl methyl sites for hydroxylation is 2. The summed E-state index contributed by atoms with van der Waals surface area (Å²) < 4.78 is 2.95. The molecule has 0 spiro atoms. The van der Waals surface area contributed by atoms with E-state index in [1.54, 1.807) is 0 Å². The van der Waals surface area contributed by atoms with Gasteiger partial charge in [-0.3, -0.25) is 9.67 Å². The topological polar surface area (TPSA) is 33.6 Å². The zero-order chi connectivity index (χ0) is 12.5. The number of hydrogen-bond donors (Lipinski definition) is 1. The Balaban J connectivity index is 2.14. The molecule has 0 fully saturated rings. The second-order valence-electron chi connectivity index (χ2n) is 4.78. The van der Waals surface area contributed by atoms with Gasteiger partial charge in [0.15, 0.2) is 4.77 Å². The number of H-pyrrole nitrogens is 1. The molecule has 1 unspecified atom stereocenters. The molecule has 18 heavy (non-hydrogen) atoms. The zero-order valence-electron chi connectivity index (χ0n) is 10.5. The van der Waals surface area contributed by atoms with E-state index in [0.29, 0.717) is 6.04 Å². The average Bonchev–Trinajstić information content (AvgIpc) is 2.79. The molecule has 0 amide bonds. The molecular formula is C14H17N3S. The highest BCUT2D eigenvalue weighted by molar-refractivity contribution is 7.71. The van der Waals surface area contributed by atoms with Crippen molar-refractivity contribution in [1.29, 1.82) is 0 Å². The third kappa shape index (κ3) is 1.81. The van der Waals surface area contributed by atoms with Crippen molar-refractivity contribution >= 4 is 12.2 Å². The van der Waals surface area contributed by atoms with E-state index >= 15 is 0 Å². The van der Waals surface area contributed by atoms with Crippen LogP contribution in [0.4, 0.5) is 0 Å². The smallest absolute Gasteiger partial charge is 0.195 e. The van der Waals surface area contributed by atoms with Crippen molar-refractivity contribution in [1.82, 2.24) is 14.8 Å². The second kappa shape index (κ2) is 4.69. The molecule has 3 rings (SSSR count). The van der Waals surface area contributed by atoms with Crippen LogP contribution in [0.15, 0.2) is 24.3 Å². The first kappa shape index (κ1) is 11.7. The van der Waals surface area contributed by atoms with E-state index in [0.717, 1.165) is 23.4 Å². The van der Waals surface area contributed by atoms with E-state index in [4.69, 9.17) is 12.2 Å². The van der Waals surface area contributed by atoms with Crippen LogP contribution in [-0.2, 0) is 12.8 Å². The summed E-state index contributed by atoms with van der Waals surface area (Å²) in [6.07, 6.45) is 4.46. The molecule has 0 saturated carbocycles. The Labute approximate surface area is 112 Å². The highest BCUT2D eigenvalue weighted by Crippen LogP contribution is 2.33. The molecule has 0 radical (unpaired) electrons. The second-order valence-corrected chi connectivity index (χ2v) is 5.16. The molecule has 1 N–H and O–H groups in total. The molecule has 3 nitrogen and oxygen atoms in total. The standard InChI is InChI=1S/C14H17N3S/c1-2-13-15-16-14(18)17(13)12-9-5-7-10-6-3-4-8-11(10)12/h3-4,6,8,12H,2,5,7,9H2,1H3,(H,16,18). The Bertz CT molecular complexity index is 611. The minimum absolute atomic E-state index is 0.358. The summed E-state index contributed by atoms with van der Waals surface area (Å²) in [6.45, 7) is 2.12. The summed E-state index contributed by atoms with van der Waals surface area (Å²) in [6, 6.07) is 9.06. The van der Waals surface area contributed by atoms with Crippen molar-refractivity contribution in [2.45, 2.75) is 38.6 Å². The molecule has 0 saturated heterocycles. The maximum absolute atomic E-state index is 5.39. The molecule has 1 aromatic heterocycles. The molecule has 2 aromatic rings. The third-order valence-corrected chi connectivity index (χ3v) is 4.03. The van der Waals surface area contributed by atoms with Crippen LogP contribution in [0.3, 0.4) is 0 Å². The van der Waals surface area contributed by atoms with Crippen LogP contribution >= 0.6 is 12.2 Å². The molecule has 0 aliphatic heterocycles. The van der Waals surface area contributed by atoms with Crippen molar-refractivity contribution < 1.29 is 0 Å². The fraction of sp³-hybridized carbons (Fsp3) is 0.429. The van der Waals surface area contributed by atoms with Crippen LogP contribution in [-0.4, -0.2) is 14.8 Å². The van der Waals surface area contributed by atoms with Crippen molar-refractivity contribution in [3.8, 4) is 0 Å². The minimum atomic E-state index is 0.358. The van der Waals surface area contributed by atoms with Crippen LogP contribution < -0.4 is 0 Å². The Morgan fingerprint density at radius 2 is 2.28 bits per heavy atom. The van der Waals surface area contributed by atoms with Gasteiger partial charge >= 0.3 is 0 Å². The number of fused-ring (bicyclic) bond motifs is 1. The van der Waals surface area contributed by atoms with Gasteiger partial charge in [-0.15, -0.1) is 0 Å². The normalized spacial score (nSPS) is 18.6. The highest BCUT2D eigenvalue weighted by atomic mass is 32.1. The van der Waals surface area contributed by atoms with Gasteiger partial charge in [0.05, 0.1) is 6.04 Å². The summed E-state index contributed by atoms with van der Waals surface area (Å²) in [5, 5.41) is 7.26.